The molecule has 132 valence electrons. The van der Waals surface area contributed by atoms with Gasteiger partial charge in [-0.3, -0.25) is 0 Å². The van der Waals surface area contributed by atoms with Crippen LogP contribution in [-0.4, -0.2) is 42.2 Å². The third-order valence-electron chi connectivity index (χ3n) is 5.10. The Hall–Kier alpha value is -2.37. The predicted molar refractivity (Wildman–Crippen MR) is 98.7 cm³/mol. The summed E-state index contributed by atoms with van der Waals surface area (Å²) in [5.41, 5.74) is 1.07. The minimum atomic E-state index is -0.192. The van der Waals surface area contributed by atoms with Crippen LogP contribution in [0.1, 0.15) is 25.7 Å². The SMILES string of the molecule is Fc1ccc(N2CCN(c3nccc(NC4CCCC4)n3)CC2)cc1. The van der Waals surface area contributed by atoms with E-state index < -0.39 is 0 Å². The molecule has 25 heavy (non-hydrogen) atoms. The molecule has 0 spiro atoms. The van der Waals surface area contributed by atoms with Crippen LogP contribution in [-0.2, 0) is 0 Å². The summed E-state index contributed by atoms with van der Waals surface area (Å²) in [7, 11) is 0. The first-order chi connectivity index (χ1) is 12.3. The molecule has 0 amide bonds. The highest BCUT2D eigenvalue weighted by molar-refractivity contribution is 5.49. The number of halogens is 1. The molecule has 0 atom stereocenters. The van der Waals surface area contributed by atoms with Crippen molar-refractivity contribution in [1.29, 1.82) is 0 Å². The molecule has 1 aromatic heterocycles. The van der Waals surface area contributed by atoms with Crippen molar-refractivity contribution in [3.05, 3.63) is 42.3 Å². The van der Waals surface area contributed by atoms with E-state index >= 15 is 0 Å². The van der Waals surface area contributed by atoms with Gasteiger partial charge in [-0.05, 0) is 43.2 Å². The van der Waals surface area contributed by atoms with E-state index in [1.54, 1.807) is 0 Å². The zero-order chi connectivity index (χ0) is 17.1. The molecule has 1 aliphatic heterocycles. The Balaban J connectivity index is 1.37. The molecule has 2 aromatic rings. The van der Waals surface area contributed by atoms with Crippen LogP contribution in [0.15, 0.2) is 36.5 Å². The van der Waals surface area contributed by atoms with Crippen molar-refractivity contribution in [1.82, 2.24) is 9.97 Å². The smallest absolute Gasteiger partial charge is 0.227 e. The van der Waals surface area contributed by atoms with E-state index in [-0.39, 0.29) is 5.82 Å². The van der Waals surface area contributed by atoms with Crippen molar-refractivity contribution in [3.8, 4) is 0 Å². The molecule has 0 unspecified atom stereocenters. The lowest BCUT2D eigenvalue weighted by atomic mass is 10.2. The quantitative estimate of drug-likeness (QED) is 0.924. The first-order valence-corrected chi connectivity index (χ1v) is 9.13. The van der Waals surface area contributed by atoms with Crippen molar-refractivity contribution >= 4 is 17.5 Å². The van der Waals surface area contributed by atoms with Crippen molar-refractivity contribution in [3.63, 3.8) is 0 Å². The highest BCUT2D eigenvalue weighted by atomic mass is 19.1. The molecule has 1 aliphatic carbocycles. The molecule has 2 aliphatic rings. The van der Waals surface area contributed by atoms with Gasteiger partial charge in [0.05, 0.1) is 0 Å². The highest BCUT2D eigenvalue weighted by Gasteiger charge is 2.20. The third kappa shape index (κ3) is 3.83. The molecular formula is C19H24FN5. The standard InChI is InChI=1S/C19H24FN5/c20-15-5-7-17(8-6-15)24-11-13-25(14-12-24)19-21-10-9-18(23-19)22-16-3-1-2-4-16/h5-10,16H,1-4,11-14H2,(H,21,22,23). The number of hydrogen-bond acceptors (Lipinski definition) is 5. The van der Waals surface area contributed by atoms with Crippen LogP contribution in [0.2, 0.25) is 0 Å². The van der Waals surface area contributed by atoms with E-state index in [2.05, 4.69) is 20.1 Å². The normalized spacial score (nSPS) is 18.6. The number of piperazine rings is 1. The Morgan fingerprint density at radius 1 is 0.920 bits per heavy atom. The maximum absolute atomic E-state index is 13.1. The van der Waals surface area contributed by atoms with Crippen molar-refractivity contribution in [2.24, 2.45) is 0 Å². The first kappa shape index (κ1) is 16.1. The van der Waals surface area contributed by atoms with Gasteiger partial charge < -0.3 is 15.1 Å². The van der Waals surface area contributed by atoms with Gasteiger partial charge in [0, 0.05) is 44.1 Å². The molecule has 1 saturated heterocycles. The summed E-state index contributed by atoms with van der Waals surface area (Å²) in [4.78, 5) is 13.7. The fourth-order valence-corrected chi connectivity index (χ4v) is 3.68. The van der Waals surface area contributed by atoms with Crippen LogP contribution in [0.5, 0.6) is 0 Å². The van der Waals surface area contributed by atoms with Gasteiger partial charge in [-0.2, -0.15) is 4.98 Å². The summed E-state index contributed by atoms with van der Waals surface area (Å²) in [5, 5.41) is 3.54. The fraction of sp³-hybridized carbons (Fsp3) is 0.474. The summed E-state index contributed by atoms with van der Waals surface area (Å²) in [5.74, 6) is 1.53. The zero-order valence-electron chi connectivity index (χ0n) is 14.4. The topological polar surface area (TPSA) is 44.3 Å². The van der Waals surface area contributed by atoms with Crippen molar-refractivity contribution in [2.45, 2.75) is 31.7 Å². The van der Waals surface area contributed by atoms with E-state index in [1.165, 1.54) is 37.8 Å². The van der Waals surface area contributed by atoms with Gasteiger partial charge in [-0.25, -0.2) is 9.37 Å². The second kappa shape index (κ2) is 7.25. The van der Waals surface area contributed by atoms with E-state index in [0.717, 1.165) is 43.6 Å². The Labute approximate surface area is 147 Å². The van der Waals surface area contributed by atoms with E-state index in [0.29, 0.717) is 6.04 Å². The first-order valence-electron chi connectivity index (χ1n) is 9.13. The van der Waals surface area contributed by atoms with E-state index in [4.69, 9.17) is 4.98 Å². The average molecular weight is 341 g/mol. The molecule has 6 heteroatoms. The largest absolute Gasteiger partial charge is 0.368 e. The molecule has 2 heterocycles. The maximum atomic E-state index is 13.1. The third-order valence-corrected chi connectivity index (χ3v) is 5.10. The fourth-order valence-electron chi connectivity index (χ4n) is 3.68. The van der Waals surface area contributed by atoms with Crippen LogP contribution in [0.3, 0.4) is 0 Å². The van der Waals surface area contributed by atoms with Gasteiger partial charge in [0.2, 0.25) is 5.95 Å². The second-order valence-corrected chi connectivity index (χ2v) is 6.82. The van der Waals surface area contributed by atoms with E-state index in [1.807, 2.05) is 24.4 Å². The number of benzene rings is 1. The van der Waals surface area contributed by atoms with Gasteiger partial charge >= 0.3 is 0 Å². The van der Waals surface area contributed by atoms with Gasteiger partial charge in [-0.1, -0.05) is 12.8 Å². The Morgan fingerprint density at radius 3 is 2.32 bits per heavy atom. The Kier molecular flexibility index (Phi) is 4.68. The lowest BCUT2D eigenvalue weighted by Crippen LogP contribution is -2.47. The molecule has 5 nitrogen and oxygen atoms in total. The van der Waals surface area contributed by atoms with Crippen molar-refractivity contribution < 1.29 is 4.39 Å². The van der Waals surface area contributed by atoms with Crippen molar-refractivity contribution in [2.75, 3.05) is 41.3 Å². The minimum absolute atomic E-state index is 0.192. The maximum Gasteiger partial charge on any atom is 0.227 e. The minimum Gasteiger partial charge on any atom is -0.368 e. The van der Waals surface area contributed by atoms with Gasteiger partial charge in [-0.15, -0.1) is 0 Å². The summed E-state index contributed by atoms with van der Waals surface area (Å²) in [6, 6.07) is 9.22. The lowest BCUT2D eigenvalue weighted by molar-refractivity contribution is 0.623. The van der Waals surface area contributed by atoms with Gasteiger partial charge in [0.1, 0.15) is 11.6 Å². The van der Waals surface area contributed by atoms with E-state index in [9.17, 15) is 4.39 Å². The van der Waals surface area contributed by atoms with Gasteiger partial charge in [0.15, 0.2) is 0 Å². The molecule has 1 N–H and O–H groups in total. The molecule has 0 bridgehead atoms. The van der Waals surface area contributed by atoms with Crippen LogP contribution in [0.4, 0.5) is 21.8 Å². The number of anilines is 3. The number of aromatic nitrogens is 2. The molecule has 2 fully saturated rings. The number of hydrogen-bond donors (Lipinski definition) is 1. The van der Waals surface area contributed by atoms with Crippen LogP contribution in [0.25, 0.3) is 0 Å². The lowest BCUT2D eigenvalue weighted by Gasteiger charge is -2.36. The highest BCUT2D eigenvalue weighted by Crippen LogP contribution is 2.23. The summed E-state index contributed by atoms with van der Waals surface area (Å²) < 4.78 is 13.1. The number of nitrogens with one attached hydrogen (secondary N) is 1. The Morgan fingerprint density at radius 2 is 1.60 bits per heavy atom. The average Bonchev–Trinajstić information content (AvgIpc) is 3.16. The zero-order valence-corrected chi connectivity index (χ0v) is 14.4. The summed E-state index contributed by atoms with van der Waals surface area (Å²) in [6.45, 7) is 3.50. The van der Waals surface area contributed by atoms with Crippen LogP contribution >= 0.6 is 0 Å². The second-order valence-electron chi connectivity index (χ2n) is 6.82. The molecular weight excluding hydrogens is 317 g/mol. The van der Waals surface area contributed by atoms with Crippen LogP contribution < -0.4 is 15.1 Å². The molecule has 1 saturated carbocycles. The monoisotopic (exact) mass is 341 g/mol. The molecule has 1 aromatic carbocycles. The Bertz CT molecular complexity index is 691. The molecule has 4 rings (SSSR count). The predicted octanol–water partition coefficient (Wildman–Crippen LogP) is 3.30. The number of rotatable bonds is 4. The van der Waals surface area contributed by atoms with Gasteiger partial charge in [0.25, 0.3) is 0 Å². The number of nitrogens with zero attached hydrogens (tertiary/aromatic N) is 4. The summed E-state index contributed by atoms with van der Waals surface area (Å²) >= 11 is 0. The van der Waals surface area contributed by atoms with Crippen LogP contribution in [0, 0.1) is 5.82 Å². The molecule has 0 radical (unpaired) electrons. The summed E-state index contributed by atoms with van der Waals surface area (Å²) in [6.07, 6.45) is 6.92.